The maximum atomic E-state index is 14.3. The normalized spacial score (nSPS) is 10.8. The highest BCUT2D eigenvalue weighted by atomic mass is 35.5. The van der Waals surface area contributed by atoms with Gasteiger partial charge < -0.3 is 0 Å². The van der Waals surface area contributed by atoms with E-state index in [1.165, 1.54) is 6.07 Å². The fourth-order valence-corrected chi connectivity index (χ4v) is 3.09. The van der Waals surface area contributed by atoms with Crippen LogP contribution in [-0.4, -0.2) is 14.8 Å². The molecule has 0 atom stereocenters. The standard InChI is InChI=1S/C21H15ClFN3/c22-14-20-24-25-21(26(20)19-9-5-4-8-18(19)23)17-12-10-16(11-13-17)15-6-2-1-3-7-15/h1-13H,14H2. The second-order valence-corrected chi connectivity index (χ2v) is 6.07. The number of nitrogens with zero attached hydrogens (tertiary/aromatic N) is 3. The topological polar surface area (TPSA) is 30.7 Å². The van der Waals surface area contributed by atoms with Crippen LogP contribution < -0.4 is 0 Å². The third-order valence-corrected chi connectivity index (χ3v) is 4.43. The zero-order valence-corrected chi connectivity index (χ0v) is 14.6. The van der Waals surface area contributed by atoms with E-state index in [1.807, 2.05) is 42.5 Å². The summed E-state index contributed by atoms with van der Waals surface area (Å²) < 4.78 is 16.0. The molecule has 4 aromatic rings. The number of hydrogen-bond acceptors (Lipinski definition) is 2. The summed E-state index contributed by atoms with van der Waals surface area (Å²) >= 11 is 5.99. The zero-order valence-electron chi connectivity index (χ0n) is 13.8. The Morgan fingerprint density at radius 1 is 0.731 bits per heavy atom. The van der Waals surface area contributed by atoms with Crippen LogP contribution in [0.3, 0.4) is 0 Å². The van der Waals surface area contributed by atoms with E-state index in [1.54, 1.807) is 22.8 Å². The molecule has 0 amide bonds. The van der Waals surface area contributed by atoms with Crippen molar-refractivity contribution < 1.29 is 4.39 Å². The van der Waals surface area contributed by atoms with Gasteiger partial charge in [0, 0.05) is 5.56 Å². The first-order valence-electron chi connectivity index (χ1n) is 8.19. The van der Waals surface area contributed by atoms with Crippen LogP contribution in [-0.2, 0) is 5.88 Å². The minimum atomic E-state index is -0.346. The van der Waals surface area contributed by atoms with E-state index >= 15 is 0 Å². The van der Waals surface area contributed by atoms with Gasteiger partial charge in [-0.25, -0.2) is 4.39 Å². The smallest absolute Gasteiger partial charge is 0.168 e. The summed E-state index contributed by atoms with van der Waals surface area (Å²) in [6, 6.07) is 24.6. The molecule has 3 nitrogen and oxygen atoms in total. The van der Waals surface area contributed by atoms with Crippen molar-refractivity contribution in [2.75, 3.05) is 0 Å². The second-order valence-electron chi connectivity index (χ2n) is 5.80. The van der Waals surface area contributed by atoms with Gasteiger partial charge in [0.1, 0.15) is 5.82 Å². The molecule has 3 aromatic carbocycles. The average Bonchev–Trinajstić information content (AvgIpc) is 3.13. The van der Waals surface area contributed by atoms with Gasteiger partial charge in [-0.15, -0.1) is 21.8 Å². The van der Waals surface area contributed by atoms with Crippen LogP contribution in [0.15, 0.2) is 78.9 Å². The molecule has 0 bridgehead atoms. The molecule has 0 fully saturated rings. The Kier molecular flexibility index (Phi) is 4.50. The van der Waals surface area contributed by atoms with E-state index in [0.717, 1.165) is 16.7 Å². The van der Waals surface area contributed by atoms with Gasteiger partial charge in [-0.3, -0.25) is 4.57 Å². The molecular weight excluding hydrogens is 349 g/mol. The molecule has 0 saturated heterocycles. The molecule has 0 spiro atoms. The summed E-state index contributed by atoms with van der Waals surface area (Å²) in [7, 11) is 0. The lowest BCUT2D eigenvalue weighted by Gasteiger charge is -2.11. The molecule has 0 N–H and O–H groups in total. The molecule has 0 aliphatic rings. The van der Waals surface area contributed by atoms with Gasteiger partial charge in [0.05, 0.1) is 11.6 Å². The summed E-state index contributed by atoms with van der Waals surface area (Å²) in [6.45, 7) is 0. The highest BCUT2D eigenvalue weighted by molar-refractivity contribution is 6.16. The second kappa shape index (κ2) is 7.10. The highest BCUT2D eigenvalue weighted by Crippen LogP contribution is 2.27. The fraction of sp³-hybridized carbons (Fsp3) is 0.0476. The summed E-state index contributed by atoms with van der Waals surface area (Å²) in [5, 5.41) is 8.36. The van der Waals surface area contributed by atoms with E-state index in [9.17, 15) is 4.39 Å². The number of hydrogen-bond donors (Lipinski definition) is 0. The van der Waals surface area contributed by atoms with Crippen LogP contribution >= 0.6 is 11.6 Å². The van der Waals surface area contributed by atoms with Gasteiger partial charge in [0.15, 0.2) is 11.6 Å². The van der Waals surface area contributed by atoms with E-state index < -0.39 is 0 Å². The fourth-order valence-electron chi connectivity index (χ4n) is 2.92. The molecule has 1 heterocycles. The molecule has 0 aliphatic carbocycles. The van der Waals surface area contributed by atoms with Gasteiger partial charge in [0.2, 0.25) is 0 Å². The minimum absolute atomic E-state index is 0.142. The van der Waals surface area contributed by atoms with Crippen molar-refractivity contribution in [2.24, 2.45) is 0 Å². The SMILES string of the molecule is Fc1ccccc1-n1c(CCl)nnc1-c1ccc(-c2ccccc2)cc1. The van der Waals surface area contributed by atoms with Crippen LogP contribution in [0.25, 0.3) is 28.2 Å². The molecule has 5 heteroatoms. The summed E-state index contributed by atoms with van der Waals surface area (Å²) in [5.41, 5.74) is 3.46. The molecule has 128 valence electrons. The van der Waals surface area contributed by atoms with Gasteiger partial charge in [0.25, 0.3) is 0 Å². The number of benzene rings is 3. The molecule has 0 radical (unpaired) electrons. The Bertz CT molecular complexity index is 1030. The maximum absolute atomic E-state index is 14.3. The quantitative estimate of drug-likeness (QED) is 0.449. The number of rotatable bonds is 4. The van der Waals surface area contributed by atoms with E-state index in [2.05, 4.69) is 22.3 Å². The molecule has 4 rings (SSSR count). The van der Waals surface area contributed by atoms with Crippen LogP contribution in [0.1, 0.15) is 5.82 Å². The van der Waals surface area contributed by atoms with Crippen LogP contribution in [0, 0.1) is 5.82 Å². The van der Waals surface area contributed by atoms with Crippen molar-refractivity contribution in [1.82, 2.24) is 14.8 Å². The maximum Gasteiger partial charge on any atom is 0.168 e. The molecule has 1 aromatic heterocycles. The van der Waals surface area contributed by atoms with E-state index in [-0.39, 0.29) is 11.7 Å². The van der Waals surface area contributed by atoms with Crippen molar-refractivity contribution in [3.63, 3.8) is 0 Å². The zero-order chi connectivity index (χ0) is 17.9. The van der Waals surface area contributed by atoms with Gasteiger partial charge in [-0.1, -0.05) is 66.7 Å². The van der Waals surface area contributed by atoms with Crippen LogP contribution in [0.5, 0.6) is 0 Å². The molecule has 0 unspecified atom stereocenters. The Labute approximate surface area is 155 Å². The highest BCUT2D eigenvalue weighted by Gasteiger charge is 2.17. The van der Waals surface area contributed by atoms with Gasteiger partial charge in [-0.2, -0.15) is 0 Å². The Morgan fingerprint density at radius 3 is 2.04 bits per heavy atom. The molecular formula is C21H15ClFN3. The van der Waals surface area contributed by atoms with Crippen LogP contribution in [0.2, 0.25) is 0 Å². The average molecular weight is 364 g/mol. The van der Waals surface area contributed by atoms with Crippen molar-refractivity contribution in [1.29, 1.82) is 0 Å². The monoisotopic (exact) mass is 363 g/mol. The van der Waals surface area contributed by atoms with Crippen LogP contribution in [0.4, 0.5) is 4.39 Å². The predicted octanol–water partition coefficient (Wildman–Crippen LogP) is 5.48. The van der Waals surface area contributed by atoms with Crippen molar-refractivity contribution in [3.8, 4) is 28.2 Å². The van der Waals surface area contributed by atoms with E-state index in [0.29, 0.717) is 17.3 Å². The third kappa shape index (κ3) is 3.00. The number of alkyl halides is 1. The molecule has 0 aliphatic heterocycles. The lowest BCUT2D eigenvalue weighted by molar-refractivity contribution is 0.616. The Balaban J connectivity index is 1.80. The summed E-state index contributed by atoms with van der Waals surface area (Å²) in [5.74, 6) is 0.855. The number of para-hydroxylation sites is 1. The molecule has 26 heavy (non-hydrogen) atoms. The molecule has 0 saturated carbocycles. The first kappa shape index (κ1) is 16.5. The van der Waals surface area contributed by atoms with Crippen molar-refractivity contribution >= 4 is 11.6 Å². The summed E-state index contributed by atoms with van der Waals surface area (Å²) in [6.07, 6.45) is 0. The lowest BCUT2D eigenvalue weighted by atomic mass is 10.0. The van der Waals surface area contributed by atoms with Crippen molar-refractivity contribution in [2.45, 2.75) is 5.88 Å². The lowest BCUT2D eigenvalue weighted by Crippen LogP contribution is -2.04. The Morgan fingerprint density at radius 2 is 1.35 bits per heavy atom. The first-order chi connectivity index (χ1) is 12.8. The minimum Gasteiger partial charge on any atom is -0.275 e. The number of halogens is 2. The third-order valence-electron chi connectivity index (χ3n) is 4.19. The predicted molar refractivity (Wildman–Crippen MR) is 102 cm³/mol. The van der Waals surface area contributed by atoms with Gasteiger partial charge in [-0.05, 0) is 23.3 Å². The van der Waals surface area contributed by atoms with E-state index in [4.69, 9.17) is 11.6 Å². The van der Waals surface area contributed by atoms with Gasteiger partial charge >= 0.3 is 0 Å². The first-order valence-corrected chi connectivity index (χ1v) is 8.72. The summed E-state index contributed by atoms with van der Waals surface area (Å²) in [4.78, 5) is 0. The van der Waals surface area contributed by atoms with Crippen molar-refractivity contribution in [3.05, 3.63) is 90.5 Å². The Hall–Kier alpha value is -2.98. The largest absolute Gasteiger partial charge is 0.275 e. The number of aromatic nitrogens is 3.